The van der Waals surface area contributed by atoms with E-state index in [0.717, 1.165) is 11.8 Å². The van der Waals surface area contributed by atoms with Gasteiger partial charge in [-0.1, -0.05) is 18.2 Å². The molecule has 4 aromatic rings. The summed E-state index contributed by atoms with van der Waals surface area (Å²) >= 11 is 1.11. The Labute approximate surface area is 174 Å². The number of hydrogen-bond acceptors (Lipinski definition) is 8. The zero-order valence-corrected chi connectivity index (χ0v) is 16.2. The first-order valence-corrected chi connectivity index (χ1v) is 9.53. The summed E-state index contributed by atoms with van der Waals surface area (Å²) in [7, 11) is 0. The van der Waals surface area contributed by atoms with Crippen molar-refractivity contribution in [3.05, 3.63) is 88.6 Å². The summed E-state index contributed by atoms with van der Waals surface area (Å²) in [5.41, 5.74) is 2.63. The quantitative estimate of drug-likeness (QED) is 0.220. The number of para-hydroxylation sites is 1. The molecule has 3 heterocycles. The van der Waals surface area contributed by atoms with Gasteiger partial charge in [0.15, 0.2) is 5.16 Å². The first-order chi connectivity index (χ1) is 14.6. The molecular weight excluding hydrogens is 404 g/mol. The molecule has 4 rings (SSSR count). The monoisotopic (exact) mass is 418 g/mol. The van der Waals surface area contributed by atoms with Gasteiger partial charge < -0.3 is 5.11 Å². The van der Waals surface area contributed by atoms with Gasteiger partial charge >= 0.3 is 0 Å². The van der Waals surface area contributed by atoms with Crippen LogP contribution >= 0.6 is 11.8 Å². The van der Waals surface area contributed by atoms with Gasteiger partial charge in [-0.25, -0.2) is 20.4 Å². The third-order valence-corrected chi connectivity index (χ3v) is 4.87. The molecule has 0 saturated carbocycles. The van der Waals surface area contributed by atoms with Gasteiger partial charge in [0.2, 0.25) is 0 Å². The normalized spacial score (nSPS) is 11.1. The highest BCUT2D eigenvalue weighted by atomic mass is 32.2. The fraction of sp³-hybridized carbons (Fsp3) is 0. The number of carbonyl (C=O) groups is 1. The highest BCUT2D eigenvalue weighted by molar-refractivity contribution is 7.99. The summed E-state index contributed by atoms with van der Waals surface area (Å²) in [5, 5.41) is 14.4. The molecular formula is C20H14N6O3S. The standard InChI is InChI=1S/C20H14N6O3S/c27-15-7-2-1-6-13(15)17(28)25-23-12-14-18(30-20-21-9-5-10-22-20)24-16-8-3-4-11-26(16)19(14)29/h1-12,27H,(H,25,28)/b23-12+. The number of hydrazone groups is 1. The molecule has 0 fully saturated rings. The molecule has 0 saturated heterocycles. The zero-order valence-electron chi connectivity index (χ0n) is 15.3. The number of aromatic hydroxyl groups is 1. The van der Waals surface area contributed by atoms with Crippen molar-refractivity contribution >= 4 is 29.5 Å². The number of phenols is 1. The van der Waals surface area contributed by atoms with Gasteiger partial charge in [0, 0.05) is 18.6 Å². The average Bonchev–Trinajstić information content (AvgIpc) is 2.77. The smallest absolute Gasteiger partial charge is 0.275 e. The number of rotatable bonds is 5. The molecule has 0 spiro atoms. The average molecular weight is 418 g/mol. The molecule has 0 aliphatic rings. The molecule has 0 unspecified atom stereocenters. The van der Waals surface area contributed by atoms with Crippen molar-refractivity contribution in [2.45, 2.75) is 10.2 Å². The number of aromatic nitrogens is 4. The fourth-order valence-corrected chi connectivity index (χ4v) is 3.37. The number of pyridine rings is 1. The van der Waals surface area contributed by atoms with Gasteiger partial charge in [-0.05, 0) is 42.1 Å². The summed E-state index contributed by atoms with van der Waals surface area (Å²) in [4.78, 5) is 38.0. The summed E-state index contributed by atoms with van der Waals surface area (Å²) in [6, 6.07) is 13.0. The van der Waals surface area contributed by atoms with Gasteiger partial charge in [0.25, 0.3) is 11.5 Å². The van der Waals surface area contributed by atoms with E-state index >= 15 is 0 Å². The van der Waals surface area contributed by atoms with Crippen molar-refractivity contribution in [2.24, 2.45) is 5.10 Å². The van der Waals surface area contributed by atoms with Crippen LogP contribution in [0.1, 0.15) is 15.9 Å². The van der Waals surface area contributed by atoms with Crippen molar-refractivity contribution in [3.63, 3.8) is 0 Å². The maximum Gasteiger partial charge on any atom is 0.275 e. The van der Waals surface area contributed by atoms with Crippen molar-refractivity contribution in [3.8, 4) is 5.75 Å². The number of phenolic OH excluding ortho intramolecular Hbond substituents is 1. The largest absolute Gasteiger partial charge is 0.507 e. The second kappa shape index (κ2) is 8.53. The molecule has 0 bridgehead atoms. The number of amides is 1. The summed E-state index contributed by atoms with van der Waals surface area (Å²) in [5.74, 6) is -0.783. The number of hydrogen-bond donors (Lipinski definition) is 2. The summed E-state index contributed by atoms with van der Waals surface area (Å²) < 4.78 is 1.38. The predicted octanol–water partition coefficient (Wildman–Crippen LogP) is 2.11. The second-order valence-corrected chi connectivity index (χ2v) is 6.87. The van der Waals surface area contributed by atoms with Crippen molar-refractivity contribution in [1.29, 1.82) is 0 Å². The third kappa shape index (κ3) is 4.03. The van der Waals surface area contributed by atoms with E-state index in [-0.39, 0.29) is 22.4 Å². The molecule has 0 atom stereocenters. The van der Waals surface area contributed by atoms with Crippen LogP contribution in [0.5, 0.6) is 5.75 Å². The van der Waals surface area contributed by atoms with Gasteiger partial charge in [-0.3, -0.25) is 14.0 Å². The van der Waals surface area contributed by atoms with Gasteiger partial charge in [0.05, 0.1) is 17.3 Å². The Kier molecular flexibility index (Phi) is 5.48. The highest BCUT2D eigenvalue weighted by Gasteiger charge is 2.14. The number of nitrogens with zero attached hydrogens (tertiary/aromatic N) is 5. The molecule has 148 valence electrons. The summed E-state index contributed by atoms with van der Waals surface area (Å²) in [6.45, 7) is 0. The van der Waals surface area contributed by atoms with Crippen LogP contribution in [0.2, 0.25) is 0 Å². The van der Waals surface area contributed by atoms with E-state index in [1.54, 1.807) is 55.0 Å². The molecule has 1 amide bonds. The Morgan fingerprint density at radius 2 is 1.87 bits per heavy atom. The van der Waals surface area contributed by atoms with Crippen LogP contribution < -0.4 is 11.0 Å². The van der Waals surface area contributed by atoms with E-state index in [2.05, 4.69) is 25.5 Å². The molecule has 3 aromatic heterocycles. The van der Waals surface area contributed by atoms with Crippen molar-refractivity contribution in [1.82, 2.24) is 24.8 Å². The minimum atomic E-state index is -0.612. The van der Waals surface area contributed by atoms with Crippen LogP contribution in [-0.4, -0.2) is 36.6 Å². The molecule has 10 heteroatoms. The number of fused-ring (bicyclic) bond motifs is 1. The minimum Gasteiger partial charge on any atom is -0.507 e. The Morgan fingerprint density at radius 3 is 2.67 bits per heavy atom. The van der Waals surface area contributed by atoms with Crippen LogP contribution in [-0.2, 0) is 0 Å². The Morgan fingerprint density at radius 1 is 1.10 bits per heavy atom. The maximum absolute atomic E-state index is 13.0. The van der Waals surface area contributed by atoms with Crippen LogP contribution in [0.3, 0.4) is 0 Å². The van der Waals surface area contributed by atoms with E-state index in [1.807, 2.05) is 0 Å². The molecule has 0 aliphatic heterocycles. The minimum absolute atomic E-state index is 0.0651. The number of carbonyl (C=O) groups excluding carboxylic acids is 1. The second-order valence-electron chi connectivity index (χ2n) is 5.91. The summed E-state index contributed by atoms with van der Waals surface area (Å²) in [6.07, 6.45) is 5.99. The lowest BCUT2D eigenvalue weighted by atomic mass is 10.2. The molecule has 0 radical (unpaired) electrons. The number of benzene rings is 1. The molecule has 0 aliphatic carbocycles. The number of nitrogens with one attached hydrogen (secondary N) is 1. The Balaban J connectivity index is 1.69. The molecule has 2 N–H and O–H groups in total. The highest BCUT2D eigenvalue weighted by Crippen LogP contribution is 2.24. The van der Waals surface area contributed by atoms with E-state index < -0.39 is 5.91 Å². The van der Waals surface area contributed by atoms with E-state index in [1.165, 1.54) is 22.7 Å². The Bertz CT molecular complexity index is 1310. The van der Waals surface area contributed by atoms with Gasteiger partial charge in [-0.2, -0.15) is 5.10 Å². The van der Waals surface area contributed by atoms with E-state index in [4.69, 9.17) is 0 Å². The molecule has 9 nitrogen and oxygen atoms in total. The SMILES string of the molecule is O=C(N/N=C/c1c(Sc2ncccn2)nc2ccccn2c1=O)c1ccccc1O. The molecule has 30 heavy (non-hydrogen) atoms. The predicted molar refractivity (Wildman–Crippen MR) is 111 cm³/mol. The van der Waals surface area contributed by atoms with Gasteiger partial charge in [-0.15, -0.1) is 0 Å². The maximum atomic E-state index is 13.0. The van der Waals surface area contributed by atoms with Crippen LogP contribution in [0.4, 0.5) is 0 Å². The lowest BCUT2D eigenvalue weighted by Crippen LogP contribution is -2.23. The first kappa shape index (κ1) is 19.3. The van der Waals surface area contributed by atoms with E-state index in [0.29, 0.717) is 15.8 Å². The third-order valence-electron chi connectivity index (χ3n) is 3.97. The van der Waals surface area contributed by atoms with Crippen LogP contribution in [0.15, 0.2) is 87.2 Å². The van der Waals surface area contributed by atoms with Gasteiger partial charge in [0.1, 0.15) is 16.4 Å². The lowest BCUT2D eigenvalue weighted by Gasteiger charge is -2.07. The Hall–Kier alpha value is -4.05. The van der Waals surface area contributed by atoms with Crippen molar-refractivity contribution < 1.29 is 9.90 Å². The van der Waals surface area contributed by atoms with Crippen molar-refractivity contribution in [2.75, 3.05) is 0 Å². The van der Waals surface area contributed by atoms with Crippen LogP contribution in [0, 0.1) is 0 Å². The topological polar surface area (TPSA) is 122 Å². The lowest BCUT2D eigenvalue weighted by molar-refractivity contribution is 0.0952. The first-order valence-electron chi connectivity index (χ1n) is 8.71. The van der Waals surface area contributed by atoms with E-state index in [9.17, 15) is 14.7 Å². The fourth-order valence-electron chi connectivity index (χ4n) is 2.58. The van der Waals surface area contributed by atoms with Crippen LogP contribution in [0.25, 0.3) is 5.65 Å². The zero-order chi connectivity index (χ0) is 20.9. The molecule has 1 aromatic carbocycles.